The van der Waals surface area contributed by atoms with Gasteiger partial charge in [-0.15, -0.1) is 11.3 Å². The van der Waals surface area contributed by atoms with Gasteiger partial charge in [0.05, 0.1) is 12.2 Å². The van der Waals surface area contributed by atoms with Crippen molar-refractivity contribution in [2.24, 2.45) is 0 Å². The highest BCUT2D eigenvalue weighted by molar-refractivity contribution is 7.94. The van der Waals surface area contributed by atoms with Gasteiger partial charge in [0, 0.05) is 4.88 Å². The van der Waals surface area contributed by atoms with E-state index in [0.29, 0.717) is 11.3 Å². The van der Waals surface area contributed by atoms with Crippen LogP contribution in [0, 0.1) is 6.92 Å². The molecule has 1 aromatic carbocycles. The first-order valence-electron chi connectivity index (χ1n) is 6.32. The molecule has 0 bridgehead atoms. The number of hydrogen-bond acceptors (Lipinski definition) is 4. The first kappa shape index (κ1) is 14.1. The van der Waals surface area contributed by atoms with Gasteiger partial charge in [-0.25, -0.2) is 8.42 Å². The number of nitrogens with zero attached hydrogens (tertiary/aromatic N) is 1. The molecule has 21 heavy (non-hydrogen) atoms. The Kier molecular flexibility index (Phi) is 3.26. The van der Waals surface area contributed by atoms with Gasteiger partial charge in [-0.2, -0.15) is 0 Å². The zero-order valence-electron chi connectivity index (χ0n) is 11.2. The van der Waals surface area contributed by atoms with Crippen molar-refractivity contribution in [3.05, 3.63) is 46.8 Å². The van der Waals surface area contributed by atoms with Crippen LogP contribution in [0.5, 0.6) is 0 Å². The predicted octanol–water partition coefficient (Wildman–Crippen LogP) is 2.43. The van der Waals surface area contributed by atoms with Crippen molar-refractivity contribution >= 4 is 33.0 Å². The molecule has 0 fully saturated rings. The van der Waals surface area contributed by atoms with Crippen LogP contribution in [0.15, 0.2) is 40.6 Å². The van der Waals surface area contributed by atoms with E-state index in [2.05, 4.69) is 0 Å². The maximum Gasteiger partial charge on any atom is 0.312 e. The van der Waals surface area contributed by atoms with Gasteiger partial charge >= 0.3 is 5.97 Å². The fraction of sp³-hybridized carbons (Fsp3) is 0.214. The molecular weight excluding hydrogens is 310 g/mol. The second kappa shape index (κ2) is 4.85. The quantitative estimate of drug-likeness (QED) is 0.941. The molecule has 2 aromatic rings. The van der Waals surface area contributed by atoms with Crippen LogP contribution in [0.2, 0.25) is 0 Å². The molecule has 0 spiro atoms. The molecule has 0 unspecified atom stereocenters. The van der Waals surface area contributed by atoms with Crippen molar-refractivity contribution in [1.29, 1.82) is 0 Å². The zero-order chi connectivity index (χ0) is 15.2. The monoisotopic (exact) mass is 323 g/mol. The maximum atomic E-state index is 12.7. The molecule has 0 saturated carbocycles. The summed E-state index contributed by atoms with van der Waals surface area (Å²) in [6, 6.07) is 10.1. The number of benzene rings is 1. The Hall–Kier alpha value is -1.86. The van der Waals surface area contributed by atoms with Crippen molar-refractivity contribution in [2.45, 2.75) is 17.1 Å². The number of sulfonamides is 1. The minimum absolute atomic E-state index is 0.0615. The second-order valence-electron chi connectivity index (χ2n) is 4.85. The van der Waals surface area contributed by atoms with E-state index in [1.165, 1.54) is 15.6 Å². The lowest BCUT2D eigenvalue weighted by atomic mass is 10.0. The topological polar surface area (TPSA) is 74.7 Å². The summed E-state index contributed by atoms with van der Waals surface area (Å²) in [5.74, 6) is -1.83. The number of fused-ring (bicyclic) bond motifs is 1. The summed E-state index contributed by atoms with van der Waals surface area (Å²) in [5, 5.41) is 9.30. The third-order valence-corrected chi connectivity index (χ3v) is 6.74. The standard InChI is InChI=1S/C14H13NO4S2/c1-9-6-7-13(20-9)21(18,19)15-8-11(14(16)17)10-4-2-3-5-12(10)15/h2-7,11H,8H2,1H3,(H,16,17)/t11-/m1/s1. The van der Waals surface area contributed by atoms with Gasteiger partial charge in [0.15, 0.2) is 0 Å². The first-order chi connectivity index (χ1) is 9.91. The van der Waals surface area contributed by atoms with E-state index in [4.69, 9.17) is 0 Å². The van der Waals surface area contributed by atoms with Crippen molar-refractivity contribution in [1.82, 2.24) is 0 Å². The Labute approximate surface area is 126 Å². The number of aryl methyl sites for hydroxylation is 1. The summed E-state index contributed by atoms with van der Waals surface area (Å²) in [4.78, 5) is 12.3. The average Bonchev–Trinajstić information content (AvgIpc) is 3.02. The van der Waals surface area contributed by atoms with E-state index in [-0.39, 0.29) is 10.8 Å². The van der Waals surface area contributed by atoms with Crippen molar-refractivity contribution in [3.8, 4) is 0 Å². The highest BCUT2D eigenvalue weighted by Crippen LogP contribution is 2.40. The number of rotatable bonds is 3. The number of hydrogen-bond donors (Lipinski definition) is 1. The van der Waals surface area contributed by atoms with Gasteiger partial charge < -0.3 is 5.11 Å². The van der Waals surface area contributed by atoms with Crippen LogP contribution in [0.25, 0.3) is 0 Å². The van der Waals surface area contributed by atoms with Crippen LogP contribution in [-0.4, -0.2) is 26.0 Å². The van der Waals surface area contributed by atoms with Gasteiger partial charge in [0.2, 0.25) is 0 Å². The SMILES string of the molecule is Cc1ccc(S(=O)(=O)N2C[C@@H](C(=O)O)c3ccccc32)s1. The Morgan fingerprint density at radius 1 is 1.29 bits per heavy atom. The summed E-state index contributed by atoms with van der Waals surface area (Å²) in [7, 11) is -3.71. The minimum atomic E-state index is -3.71. The van der Waals surface area contributed by atoms with E-state index in [9.17, 15) is 18.3 Å². The van der Waals surface area contributed by atoms with Crippen molar-refractivity contribution in [3.63, 3.8) is 0 Å². The normalized spacial score (nSPS) is 17.8. The van der Waals surface area contributed by atoms with E-state index in [1.54, 1.807) is 36.4 Å². The number of carboxylic acid groups (broad SMARTS) is 1. The van der Waals surface area contributed by atoms with Gasteiger partial charge in [0.1, 0.15) is 10.1 Å². The molecule has 2 heterocycles. The van der Waals surface area contributed by atoms with Gasteiger partial charge in [-0.1, -0.05) is 18.2 Å². The lowest BCUT2D eigenvalue weighted by Gasteiger charge is -2.18. The van der Waals surface area contributed by atoms with Crippen LogP contribution < -0.4 is 4.31 Å². The molecule has 1 atom stereocenters. The molecule has 1 aliphatic heterocycles. The van der Waals surface area contributed by atoms with Gasteiger partial charge in [-0.05, 0) is 30.7 Å². The average molecular weight is 323 g/mol. The molecule has 0 amide bonds. The predicted molar refractivity (Wildman–Crippen MR) is 80.4 cm³/mol. The van der Waals surface area contributed by atoms with Crippen LogP contribution >= 0.6 is 11.3 Å². The summed E-state index contributed by atoms with van der Waals surface area (Å²) in [5.41, 5.74) is 0.998. The Morgan fingerprint density at radius 3 is 2.62 bits per heavy atom. The van der Waals surface area contributed by atoms with Gasteiger partial charge in [-0.3, -0.25) is 9.10 Å². The molecule has 1 aromatic heterocycles. The third-order valence-electron chi connectivity index (χ3n) is 3.49. The van der Waals surface area contributed by atoms with E-state index in [0.717, 1.165) is 4.88 Å². The van der Waals surface area contributed by atoms with E-state index in [1.807, 2.05) is 6.92 Å². The summed E-state index contributed by atoms with van der Waals surface area (Å²) in [6.45, 7) is 1.77. The van der Waals surface area contributed by atoms with Crippen LogP contribution in [0.1, 0.15) is 16.4 Å². The Balaban J connectivity index is 2.10. The lowest BCUT2D eigenvalue weighted by Crippen LogP contribution is -2.30. The molecule has 5 nitrogen and oxygen atoms in total. The fourth-order valence-electron chi connectivity index (χ4n) is 2.47. The zero-order valence-corrected chi connectivity index (χ0v) is 12.8. The molecule has 3 rings (SSSR count). The maximum absolute atomic E-state index is 12.7. The third kappa shape index (κ3) is 2.22. The molecule has 0 aliphatic carbocycles. The molecule has 0 radical (unpaired) electrons. The molecule has 0 saturated heterocycles. The number of aliphatic carboxylic acids is 1. The van der Waals surface area contributed by atoms with Crippen LogP contribution in [0.3, 0.4) is 0 Å². The summed E-state index contributed by atoms with van der Waals surface area (Å²) < 4.78 is 26.9. The largest absolute Gasteiger partial charge is 0.481 e. The smallest absolute Gasteiger partial charge is 0.312 e. The molecule has 1 N–H and O–H groups in total. The fourth-order valence-corrected chi connectivity index (χ4v) is 5.37. The molecule has 110 valence electrons. The number of thiophene rings is 1. The number of para-hydroxylation sites is 1. The highest BCUT2D eigenvalue weighted by Gasteiger charge is 2.40. The number of anilines is 1. The molecule has 1 aliphatic rings. The van der Waals surface area contributed by atoms with E-state index < -0.39 is 21.9 Å². The Bertz CT molecular complexity index is 810. The summed E-state index contributed by atoms with van der Waals surface area (Å²) in [6.07, 6.45) is 0. The lowest BCUT2D eigenvalue weighted by molar-refractivity contribution is -0.138. The van der Waals surface area contributed by atoms with Crippen LogP contribution in [0.4, 0.5) is 5.69 Å². The Morgan fingerprint density at radius 2 is 2.00 bits per heavy atom. The minimum Gasteiger partial charge on any atom is -0.481 e. The van der Waals surface area contributed by atoms with Crippen molar-refractivity contribution in [2.75, 3.05) is 10.8 Å². The van der Waals surface area contributed by atoms with E-state index >= 15 is 0 Å². The second-order valence-corrected chi connectivity index (χ2v) is 8.23. The number of carbonyl (C=O) groups is 1. The van der Waals surface area contributed by atoms with Crippen LogP contribution in [-0.2, 0) is 14.8 Å². The van der Waals surface area contributed by atoms with Crippen molar-refractivity contribution < 1.29 is 18.3 Å². The highest BCUT2D eigenvalue weighted by atomic mass is 32.2. The molecular formula is C14H13NO4S2. The summed E-state index contributed by atoms with van der Waals surface area (Å²) >= 11 is 1.19. The molecule has 7 heteroatoms. The van der Waals surface area contributed by atoms with Gasteiger partial charge in [0.25, 0.3) is 10.0 Å². The number of carboxylic acids is 1. The first-order valence-corrected chi connectivity index (χ1v) is 8.58.